The molecule has 2 aromatic rings. The van der Waals surface area contributed by atoms with Crippen LogP contribution in [0.2, 0.25) is 0 Å². The largest absolute Gasteiger partial charge is 0.448 e. The van der Waals surface area contributed by atoms with Crippen molar-refractivity contribution in [3.05, 3.63) is 44.5 Å². The summed E-state index contributed by atoms with van der Waals surface area (Å²) in [6, 6.07) is 6.11. The van der Waals surface area contributed by atoms with Gasteiger partial charge in [0.1, 0.15) is 11.1 Å². The first-order chi connectivity index (χ1) is 15.1. The first kappa shape index (κ1) is 21.6. The van der Waals surface area contributed by atoms with Crippen LogP contribution in [-0.2, 0) is 27.2 Å². The van der Waals surface area contributed by atoms with Crippen LogP contribution in [-0.4, -0.2) is 36.8 Å². The normalized spacial score (nSPS) is 18.4. The molecule has 1 saturated heterocycles. The Morgan fingerprint density at radius 2 is 2.32 bits per heavy atom. The second kappa shape index (κ2) is 10.1. The number of carbonyl (C=O) groups excluding carboxylic acids is 2. The zero-order valence-electron chi connectivity index (χ0n) is 17.0. The summed E-state index contributed by atoms with van der Waals surface area (Å²) < 4.78 is 5.45. The van der Waals surface area contributed by atoms with Crippen LogP contribution < -0.4 is 5.32 Å². The predicted octanol–water partition coefficient (Wildman–Crippen LogP) is 4.60. The van der Waals surface area contributed by atoms with Crippen molar-refractivity contribution in [2.75, 3.05) is 25.1 Å². The number of ether oxygens (including phenoxy) is 1. The quantitative estimate of drug-likeness (QED) is 0.663. The number of nitrogens with zero attached hydrogens (tertiary/aromatic N) is 2. The second-order valence-corrected chi connectivity index (χ2v) is 9.57. The number of hydrogen-bond donors (Lipinski definition) is 1. The van der Waals surface area contributed by atoms with Crippen molar-refractivity contribution in [1.29, 1.82) is 5.26 Å². The van der Waals surface area contributed by atoms with Gasteiger partial charge in [0.2, 0.25) is 5.91 Å². The Hall–Kier alpha value is -2.67. The standard InChI is InChI=1S/C22H23N3O4S2/c23-13-18-17-7-5-15(14-28-22(27)25-9-1-2-10-29-25)12-19(17)31-21(18)24-20(26)8-6-16-4-3-11-30-16/h3-4,6,8,11,15H,1-2,5,7,9-10,12,14H2,(H,24,26). The fraction of sp³-hybridized carbons (Fsp3) is 0.409. The molecule has 0 bridgehead atoms. The SMILES string of the molecule is N#Cc1c(NC(=O)C=Cc2cccs2)sc2c1CCC(COC(=O)N1CCCCO1)C2. The molecule has 2 aromatic heterocycles. The van der Waals surface area contributed by atoms with Crippen molar-refractivity contribution in [3.8, 4) is 6.07 Å². The molecule has 1 aliphatic carbocycles. The van der Waals surface area contributed by atoms with Gasteiger partial charge in [-0.25, -0.2) is 4.79 Å². The number of nitrogens with one attached hydrogen (secondary N) is 1. The van der Waals surface area contributed by atoms with Gasteiger partial charge in [-0.1, -0.05) is 6.07 Å². The average molecular weight is 458 g/mol. The maximum Gasteiger partial charge on any atom is 0.433 e. The fourth-order valence-corrected chi connectivity index (χ4v) is 5.64. The van der Waals surface area contributed by atoms with Gasteiger partial charge in [-0.15, -0.1) is 22.7 Å². The van der Waals surface area contributed by atoms with E-state index < -0.39 is 6.09 Å². The highest BCUT2D eigenvalue weighted by Gasteiger charge is 2.28. The van der Waals surface area contributed by atoms with Crippen molar-refractivity contribution < 1.29 is 19.2 Å². The smallest absolute Gasteiger partial charge is 0.433 e. The van der Waals surface area contributed by atoms with Crippen molar-refractivity contribution >= 4 is 45.8 Å². The zero-order chi connectivity index (χ0) is 21.6. The van der Waals surface area contributed by atoms with E-state index >= 15 is 0 Å². The van der Waals surface area contributed by atoms with Gasteiger partial charge in [0, 0.05) is 15.8 Å². The van der Waals surface area contributed by atoms with Gasteiger partial charge in [-0.3, -0.25) is 9.63 Å². The van der Waals surface area contributed by atoms with Gasteiger partial charge in [-0.2, -0.15) is 10.3 Å². The van der Waals surface area contributed by atoms with Crippen LogP contribution in [0.25, 0.3) is 6.08 Å². The highest BCUT2D eigenvalue weighted by Crippen LogP contribution is 2.39. The lowest BCUT2D eigenvalue weighted by Crippen LogP contribution is -2.37. The van der Waals surface area contributed by atoms with E-state index in [0.29, 0.717) is 30.3 Å². The average Bonchev–Trinajstić information content (AvgIpc) is 3.43. The van der Waals surface area contributed by atoms with Crippen LogP contribution in [0.15, 0.2) is 23.6 Å². The third-order valence-electron chi connectivity index (χ3n) is 5.31. The summed E-state index contributed by atoms with van der Waals surface area (Å²) in [7, 11) is 0. The molecule has 1 atom stereocenters. The summed E-state index contributed by atoms with van der Waals surface area (Å²) in [5.74, 6) is -0.0655. The number of hydrogen-bond acceptors (Lipinski definition) is 7. The van der Waals surface area contributed by atoms with E-state index in [1.54, 1.807) is 17.4 Å². The van der Waals surface area contributed by atoms with Gasteiger partial charge in [0.15, 0.2) is 0 Å². The Bertz CT molecular complexity index is 1000. The molecule has 1 N–H and O–H groups in total. The van der Waals surface area contributed by atoms with E-state index in [2.05, 4.69) is 11.4 Å². The van der Waals surface area contributed by atoms with E-state index in [1.807, 2.05) is 17.5 Å². The Morgan fingerprint density at radius 3 is 3.06 bits per heavy atom. The lowest BCUT2D eigenvalue weighted by molar-refractivity contribution is -0.157. The van der Waals surface area contributed by atoms with Crippen molar-refractivity contribution in [2.45, 2.75) is 32.1 Å². The molecule has 0 saturated carbocycles. The molecule has 4 rings (SSSR count). The third-order valence-corrected chi connectivity index (χ3v) is 7.31. The number of anilines is 1. The summed E-state index contributed by atoms with van der Waals surface area (Å²) in [5, 5.41) is 16.3. The molecule has 1 aliphatic heterocycles. The summed E-state index contributed by atoms with van der Waals surface area (Å²) in [4.78, 5) is 31.9. The van der Waals surface area contributed by atoms with Crippen LogP contribution in [0.1, 0.15) is 40.1 Å². The number of hydroxylamine groups is 2. The molecule has 162 valence electrons. The Balaban J connectivity index is 1.36. The van der Waals surface area contributed by atoms with E-state index in [4.69, 9.17) is 9.57 Å². The molecule has 0 aromatic carbocycles. The number of fused-ring (bicyclic) bond motifs is 1. The minimum Gasteiger partial charge on any atom is -0.448 e. The first-order valence-electron chi connectivity index (χ1n) is 10.3. The molecule has 31 heavy (non-hydrogen) atoms. The molecular weight excluding hydrogens is 434 g/mol. The van der Waals surface area contributed by atoms with Gasteiger partial charge in [0.05, 0.1) is 25.3 Å². The summed E-state index contributed by atoms with van der Waals surface area (Å²) >= 11 is 3.00. The fourth-order valence-electron chi connectivity index (χ4n) is 3.70. The Kier molecular flexibility index (Phi) is 7.02. The van der Waals surface area contributed by atoms with Gasteiger partial charge in [0.25, 0.3) is 0 Å². The molecule has 0 radical (unpaired) electrons. The number of carbonyl (C=O) groups is 2. The molecule has 1 unspecified atom stereocenters. The minimum absolute atomic E-state index is 0.189. The van der Waals surface area contributed by atoms with Crippen LogP contribution >= 0.6 is 22.7 Å². The predicted molar refractivity (Wildman–Crippen MR) is 120 cm³/mol. The molecule has 3 heterocycles. The number of thiophene rings is 2. The van der Waals surface area contributed by atoms with Crippen molar-refractivity contribution in [1.82, 2.24) is 5.06 Å². The third kappa shape index (κ3) is 5.34. The lowest BCUT2D eigenvalue weighted by atomic mass is 9.88. The van der Waals surface area contributed by atoms with Crippen LogP contribution in [0, 0.1) is 17.2 Å². The van der Waals surface area contributed by atoms with Gasteiger partial charge >= 0.3 is 6.09 Å². The topological polar surface area (TPSA) is 91.7 Å². The number of rotatable bonds is 5. The minimum atomic E-state index is -0.431. The monoisotopic (exact) mass is 457 g/mol. The zero-order valence-corrected chi connectivity index (χ0v) is 18.6. The highest BCUT2D eigenvalue weighted by molar-refractivity contribution is 7.16. The van der Waals surface area contributed by atoms with E-state index in [9.17, 15) is 14.9 Å². The van der Waals surface area contributed by atoms with Crippen LogP contribution in [0.3, 0.4) is 0 Å². The van der Waals surface area contributed by atoms with Crippen LogP contribution in [0.4, 0.5) is 9.80 Å². The first-order valence-corrected chi connectivity index (χ1v) is 12.0. The van der Waals surface area contributed by atoms with Crippen molar-refractivity contribution in [3.63, 3.8) is 0 Å². The maximum atomic E-state index is 12.3. The summed E-state index contributed by atoms with van der Waals surface area (Å²) in [5.41, 5.74) is 1.56. The number of amides is 2. The summed E-state index contributed by atoms with van der Waals surface area (Å²) in [6.07, 6.45) is 6.98. The number of nitriles is 1. The summed E-state index contributed by atoms with van der Waals surface area (Å²) in [6.45, 7) is 1.43. The van der Waals surface area contributed by atoms with E-state index in [0.717, 1.165) is 47.4 Å². The van der Waals surface area contributed by atoms with Gasteiger partial charge in [-0.05, 0) is 61.1 Å². The Labute approximate surface area is 188 Å². The Morgan fingerprint density at radius 1 is 1.42 bits per heavy atom. The van der Waals surface area contributed by atoms with Crippen molar-refractivity contribution in [2.24, 2.45) is 5.92 Å². The van der Waals surface area contributed by atoms with Crippen LogP contribution in [0.5, 0.6) is 0 Å². The molecule has 0 spiro atoms. The van der Waals surface area contributed by atoms with E-state index in [-0.39, 0.29) is 11.8 Å². The highest BCUT2D eigenvalue weighted by atomic mass is 32.1. The van der Waals surface area contributed by atoms with Gasteiger partial charge < -0.3 is 10.1 Å². The molecule has 2 amide bonds. The molecule has 7 nitrogen and oxygen atoms in total. The molecule has 9 heteroatoms. The molecule has 1 fully saturated rings. The maximum absolute atomic E-state index is 12.3. The molecular formula is C22H23N3O4S2. The second-order valence-electron chi connectivity index (χ2n) is 7.49. The molecule has 2 aliphatic rings. The lowest BCUT2D eigenvalue weighted by Gasteiger charge is -2.27. The van der Waals surface area contributed by atoms with E-state index in [1.165, 1.54) is 22.5 Å².